The molecule has 0 saturated carbocycles. The highest BCUT2D eigenvalue weighted by Gasteiger charge is 2.10. The van der Waals surface area contributed by atoms with Crippen molar-refractivity contribution in [2.45, 2.75) is 13.5 Å². The van der Waals surface area contributed by atoms with Gasteiger partial charge in [0.1, 0.15) is 5.82 Å². The van der Waals surface area contributed by atoms with E-state index < -0.39 is 0 Å². The van der Waals surface area contributed by atoms with Crippen molar-refractivity contribution >= 4 is 52.0 Å². The molecule has 26 heavy (non-hydrogen) atoms. The topological polar surface area (TPSA) is 106 Å². The minimum atomic E-state index is 0.381. The highest BCUT2D eigenvalue weighted by molar-refractivity contribution is 6.35. The van der Waals surface area contributed by atoms with Crippen LogP contribution in [0.25, 0.3) is 0 Å². The van der Waals surface area contributed by atoms with Crippen LogP contribution in [0.3, 0.4) is 0 Å². The van der Waals surface area contributed by atoms with Crippen LogP contribution in [0.2, 0.25) is 10.0 Å². The number of aromatic amines is 1. The van der Waals surface area contributed by atoms with Crippen LogP contribution in [-0.2, 0) is 6.54 Å². The van der Waals surface area contributed by atoms with Crippen LogP contribution >= 0.6 is 34.8 Å². The lowest BCUT2D eigenvalue weighted by Gasteiger charge is -2.04. The molecule has 0 bridgehead atoms. The van der Waals surface area contributed by atoms with Crippen molar-refractivity contribution < 1.29 is 0 Å². The first kappa shape index (κ1) is 22.0. The summed E-state index contributed by atoms with van der Waals surface area (Å²) in [5, 5.41) is 1.14. The second-order valence-corrected chi connectivity index (χ2v) is 6.36. The van der Waals surface area contributed by atoms with Crippen LogP contribution in [0.4, 0.5) is 11.5 Å². The third-order valence-electron chi connectivity index (χ3n) is 3.14. The zero-order valence-corrected chi connectivity index (χ0v) is 16.6. The summed E-state index contributed by atoms with van der Waals surface area (Å²) in [6, 6.07) is 5.29. The molecule has 2 rings (SSSR count). The van der Waals surface area contributed by atoms with Crippen molar-refractivity contribution in [2.75, 3.05) is 17.3 Å². The number of aliphatic imine (C=N–C) groups is 1. The molecular formula is C18H22Cl3N5. The maximum atomic E-state index is 6.17. The molecule has 1 aromatic heterocycles. The van der Waals surface area contributed by atoms with E-state index in [1.54, 1.807) is 36.6 Å². The summed E-state index contributed by atoms with van der Waals surface area (Å²) >= 11 is 17.1. The lowest BCUT2D eigenvalue weighted by atomic mass is 10.1. The lowest BCUT2D eigenvalue weighted by Crippen LogP contribution is -2.02. The number of hydrogen-bond acceptors (Lipinski definition) is 4. The molecule has 0 fully saturated rings. The van der Waals surface area contributed by atoms with Crippen LogP contribution in [-0.4, -0.2) is 16.6 Å². The summed E-state index contributed by atoms with van der Waals surface area (Å²) in [5.74, 6) is 1.12. The highest BCUT2D eigenvalue weighted by Crippen LogP contribution is 2.23. The van der Waals surface area contributed by atoms with E-state index in [-0.39, 0.29) is 0 Å². The van der Waals surface area contributed by atoms with Gasteiger partial charge in [-0.2, -0.15) is 0 Å². The number of nitrogens with zero attached hydrogens (tertiary/aromatic N) is 1. The molecule has 0 atom stereocenters. The summed E-state index contributed by atoms with van der Waals surface area (Å²) in [5.41, 5.74) is 19.7. The van der Waals surface area contributed by atoms with Gasteiger partial charge in [0, 0.05) is 27.7 Å². The Morgan fingerprint density at radius 3 is 2.46 bits per heavy atom. The summed E-state index contributed by atoms with van der Waals surface area (Å²) in [7, 11) is 0. The van der Waals surface area contributed by atoms with E-state index in [2.05, 4.69) is 9.98 Å². The number of halogens is 3. The molecule has 7 N–H and O–H groups in total. The van der Waals surface area contributed by atoms with E-state index in [0.717, 1.165) is 11.4 Å². The molecule has 0 unspecified atom stereocenters. The Bertz CT molecular complexity index is 794. The zero-order chi connectivity index (χ0) is 19.5. The molecular weight excluding hydrogens is 393 g/mol. The number of rotatable bonds is 5. The van der Waals surface area contributed by atoms with Crippen molar-refractivity contribution in [1.29, 1.82) is 0 Å². The molecule has 0 saturated heterocycles. The van der Waals surface area contributed by atoms with Crippen LogP contribution in [0.1, 0.15) is 18.1 Å². The average Bonchev–Trinajstić information content (AvgIpc) is 2.92. The van der Waals surface area contributed by atoms with Crippen molar-refractivity contribution in [3.8, 4) is 0 Å². The molecule has 1 aromatic carbocycles. The molecule has 0 amide bonds. The minimum Gasteiger partial charge on any atom is -0.405 e. The number of allylic oxidation sites excluding steroid dienone is 3. The number of nitrogens with one attached hydrogen (secondary N) is 1. The quantitative estimate of drug-likeness (QED) is 0.322. The fourth-order valence-electron chi connectivity index (χ4n) is 1.92. The largest absolute Gasteiger partial charge is 0.405 e. The summed E-state index contributed by atoms with van der Waals surface area (Å²) in [4.78, 5) is 7.45. The van der Waals surface area contributed by atoms with E-state index in [4.69, 9.17) is 52.0 Å². The Hall–Kier alpha value is -2.08. The van der Waals surface area contributed by atoms with E-state index in [0.29, 0.717) is 39.4 Å². The maximum Gasteiger partial charge on any atom is 0.124 e. The van der Waals surface area contributed by atoms with Gasteiger partial charge in [-0.1, -0.05) is 42.3 Å². The van der Waals surface area contributed by atoms with Gasteiger partial charge < -0.3 is 22.2 Å². The second kappa shape index (κ2) is 11.5. The van der Waals surface area contributed by atoms with Gasteiger partial charge in [0.25, 0.3) is 0 Å². The number of nitrogens with two attached hydrogens (primary N) is 3. The van der Waals surface area contributed by atoms with Gasteiger partial charge in [0.2, 0.25) is 0 Å². The zero-order valence-electron chi connectivity index (χ0n) is 14.3. The van der Waals surface area contributed by atoms with Gasteiger partial charge >= 0.3 is 0 Å². The second-order valence-electron chi connectivity index (χ2n) is 4.98. The predicted molar refractivity (Wildman–Crippen MR) is 115 cm³/mol. The average molecular weight is 415 g/mol. The Morgan fingerprint density at radius 2 is 1.92 bits per heavy atom. The molecule has 0 aliphatic rings. The Labute approximate surface area is 168 Å². The number of hydrogen-bond donors (Lipinski definition) is 4. The third-order valence-corrected chi connectivity index (χ3v) is 3.73. The van der Waals surface area contributed by atoms with Crippen molar-refractivity contribution in [3.05, 3.63) is 70.0 Å². The number of alkyl halides is 1. The van der Waals surface area contributed by atoms with E-state index in [1.165, 1.54) is 6.20 Å². The van der Waals surface area contributed by atoms with Crippen molar-refractivity contribution in [2.24, 2.45) is 10.7 Å². The summed E-state index contributed by atoms with van der Waals surface area (Å²) in [6.45, 7) is 2.27. The molecule has 140 valence electrons. The van der Waals surface area contributed by atoms with Crippen LogP contribution < -0.4 is 17.2 Å². The van der Waals surface area contributed by atoms with E-state index >= 15 is 0 Å². The van der Waals surface area contributed by atoms with Gasteiger partial charge in [-0.15, -0.1) is 11.6 Å². The minimum absolute atomic E-state index is 0.381. The van der Waals surface area contributed by atoms with Gasteiger partial charge in [-0.3, -0.25) is 4.99 Å². The molecule has 0 radical (unpaired) electrons. The molecule has 1 heterocycles. The third kappa shape index (κ3) is 6.67. The van der Waals surface area contributed by atoms with Gasteiger partial charge in [-0.25, -0.2) is 0 Å². The molecule has 0 spiro atoms. The molecule has 0 aliphatic carbocycles. The van der Waals surface area contributed by atoms with Crippen LogP contribution in [0.5, 0.6) is 0 Å². The number of anilines is 2. The fraction of sp³-hybridized carbons (Fsp3) is 0.167. The molecule has 2 aromatic rings. The first-order valence-electron chi connectivity index (χ1n) is 7.76. The SMILES string of the molecule is CCCl.N/C=C/C=C\C(=NCc1ccc(Cl)cc1Cl)c1c[nH]c(N)c1N. The number of H-pyrrole nitrogens is 1. The van der Waals surface area contributed by atoms with Crippen LogP contribution in [0.15, 0.2) is 53.8 Å². The number of nitrogen functional groups attached to an aromatic ring is 2. The first-order valence-corrected chi connectivity index (χ1v) is 9.05. The normalized spacial score (nSPS) is 11.8. The van der Waals surface area contributed by atoms with Gasteiger partial charge in [0.15, 0.2) is 0 Å². The predicted octanol–water partition coefficient (Wildman–Crippen LogP) is 4.75. The van der Waals surface area contributed by atoms with Gasteiger partial charge in [0.05, 0.1) is 17.9 Å². The Kier molecular flexibility index (Phi) is 9.73. The van der Waals surface area contributed by atoms with E-state index in [9.17, 15) is 0 Å². The monoisotopic (exact) mass is 413 g/mol. The fourth-order valence-corrected chi connectivity index (χ4v) is 2.39. The molecule has 8 heteroatoms. The summed E-state index contributed by atoms with van der Waals surface area (Å²) < 4.78 is 0. The first-order chi connectivity index (χ1) is 12.4. The lowest BCUT2D eigenvalue weighted by molar-refractivity contribution is 1.07. The molecule has 5 nitrogen and oxygen atoms in total. The van der Waals surface area contributed by atoms with Gasteiger partial charge in [-0.05, 0) is 36.0 Å². The smallest absolute Gasteiger partial charge is 0.124 e. The maximum absolute atomic E-state index is 6.17. The summed E-state index contributed by atoms with van der Waals surface area (Å²) in [6.07, 6.45) is 8.40. The number of aromatic nitrogens is 1. The van der Waals surface area contributed by atoms with E-state index in [1.807, 2.05) is 13.0 Å². The van der Waals surface area contributed by atoms with Crippen LogP contribution in [0, 0.1) is 0 Å². The Morgan fingerprint density at radius 1 is 1.23 bits per heavy atom. The standard InChI is InChI=1S/C16H17Cl2N5.C2H5Cl/c17-11-5-4-10(13(18)7-11)8-22-14(3-1-2-6-19)12-9-23-16(21)15(12)20;1-2-3/h1-7,9,23H,8,19-21H2;2H2,1H3/b3-1-,6-2+,22-14?;. The highest BCUT2D eigenvalue weighted by atomic mass is 35.5. The number of benzene rings is 1. The Balaban J connectivity index is 0.00000105. The van der Waals surface area contributed by atoms with Crippen molar-refractivity contribution in [1.82, 2.24) is 4.98 Å². The van der Waals surface area contributed by atoms with Crippen molar-refractivity contribution in [3.63, 3.8) is 0 Å². The molecule has 0 aliphatic heterocycles.